The molecule has 0 heterocycles. The Balaban J connectivity index is 0.000000611. The predicted molar refractivity (Wildman–Crippen MR) is 152 cm³/mol. The molecule has 16 heteroatoms. The van der Waals surface area contributed by atoms with Crippen molar-refractivity contribution in [3.63, 3.8) is 0 Å². The van der Waals surface area contributed by atoms with Gasteiger partial charge in [0.2, 0.25) is 0 Å². The number of carbonyl (C=O) groups excluding carboxylic acids is 2. The van der Waals surface area contributed by atoms with Crippen LogP contribution in [0.25, 0.3) is 0 Å². The van der Waals surface area contributed by atoms with Crippen LogP contribution in [-0.4, -0.2) is 74.8 Å². The quantitative estimate of drug-likeness (QED) is 0.168. The fourth-order valence-corrected chi connectivity index (χ4v) is 5.57. The number of ether oxygens (including phenoxy) is 2. The van der Waals surface area contributed by atoms with Crippen LogP contribution < -0.4 is 0 Å². The molecule has 2 saturated carbocycles. The van der Waals surface area contributed by atoms with Gasteiger partial charge in [-0.25, -0.2) is 0 Å². The lowest BCUT2D eigenvalue weighted by molar-refractivity contribution is -0.400. The molecule has 0 aromatic carbocycles. The molecule has 47 heavy (non-hydrogen) atoms. The second kappa shape index (κ2) is 14.6. The molecule has 5 unspecified atom stereocenters. The van der Waals surface area contributed by atoms with Crippen LogP contribution in [0.2, 0.25) is 0 Å². The van der Waals surface area contributed by atoms with Gasteiger partial charge in [0.05, 0.1) is 16.9 Å². The number of carbonyl (C=O) groups is 2. The molecule has 0 spiro atoms. The summed E-state index contributed by atoms with van der Waals surface area (Å²) in [5, 5.41) is 29.8. The summed E-state index contributed by atoms with van der Waals surface area (Å²) < 4.78 is 131. The number of rotatable bonds is 9. The highest BCUT2D eigenvalue weighted by atomic mass is 19.4. The average molecular weight is 705 g/mol. The first-order chi connectivity index (χ1) is 20.9. The van der Waals surface area contributed by atoms with Crippen LogP contribution in [0.15, 0.2) is 0 Å². The van der Waals surface area contributed by atoms with Crippen molar-refractivity contribution in [2.24, 2.45) is 22.7 Å². The van der Waals surface area contributed by atoms with E-state index in [1.807, 2.05) is 20.8 Å². The Kier molecular flexibility index (Phi) is 13.4. The largest absolute Gasteiger partial charge is 0.462 e. The van der Waals surface area contributed by atoms with E-state index in [0.29, 0.717) is 0 Å². The first-order valence-corrected chi connectivity index (χ1v) is 15.7. The van der Waals surface area contributed by atoms with Gasteiger partial charge in [0.1, 0.15) is 11.7 Å². The van der Waals surface area contributed by atoms with E-state index in [0.717, 1.165) is 25.7 Å². The molecule has 5 atom stereocenters. The van der Waals surface area contributed by atoms with Gasteiger partial charge in [-0.2, -0.15) is 39.5 Å². The van der Waals surface area contributed by atoms with Crippen LogP contribution >= 0.6 is 0 Å². The minimum absolute atomic E-state index is 0.0197. The molecule has 0 bridgehead atoms. The zero-order chi connectivity index (χ0) is 37.2. The Morgan fingerprint density at radius 2 is 1.11 bits per heavy atom. The molecule has 0 aromatic rings. The fourth-order valence-electron chi connectivity index (χ4n) is 5.57. The molecule has 2 aliphatic rings. The zero-order valence-corrected chi connectivity index (χ0v) is 28.0. The van der Waals surface area contributed by atoms with Crippen molar-refractivity contribution in [3.8, 4) is 0 Å². The van der Waals surface area contributed by atoms with E-state index in [9.17, 15) is 64.4 Å². The topological polar surface area (TPSA) is 113 Å². The van der Waals surface area contributed by atoms with Crippen molar-refractivity contribution in [2.45, 2.75) is 161 Å². The van der Waals surface area contributed by atoms with Crippen molar-refractivity contribution in [1.82, 2.24) is 0 Å². The average Bonchev–Trinajstić information content (AvgIpc) is 3.40. The number of hydrogen-bond acceptors (Lipinski definition) is 7. The summed E-state index contributed by atoms with van der Waals surface area (Å²) in [7, 11) is 0. The lowest BCUT2D eigenvalue weighted by atomic mass is 9.64. The standard InChI is InChI=1S/C18H25F9O5.C13H24O2/c1-5-13(2,3)12(29)32-8-6-9(14(4,30)16(19,20)21)11(28)10(7-8)15(31,17(22,23)24)18(25,26)27;1-5-12(3,4)11(14)15-13(6-2)9-7-8-10-13/h8-11,28,30-31H,5-7H2,1-4H3;5-10H2,1-4H3. The molecule has 0 amide bonds. The van der Waals surface area contributed by atoms with Crippen LogP contribution in [0.4, 0.5) is 39.5 Å². The smallest absolute Gasteiger partial charge is 0.426 e. The van der Waals surface area contributed by atoms with Crippen LogP contribution in [0.1, 0.15) is 113 Å². The number of halogens is 9. The number of aliphatic hydroxyl groups excluding tert-OH is 1. The molecule has 0 aromatic heterocycles. The molecule has 0 radical (unpaired) electrons. The number of hydrogen-bond donors (Lipinski definition) is 3. The highest BCUT2D eigenvalue weighted by Gasteiger charge is 2.77. The van der Waals surface area contributed by atoms with Crippen molar-refractivity contribution in [2.75, 3.05) is 0 Å². The predicted octanol–water partition coefficient (Wildman–Crippen LogP) is 7.58. The normalized spacial score (nSPS) is 25.7. The Morgan fingerprint density at radius 3 is 1.47 bits per heavy atom. The van der Waals surface area contributed by atoms with Crippen LogP contribution in [0, 0.1) is 22.7 Å². The molecule has 7 nitrogen and oxygen atoms in total. The van der Waals surface area contributed by atoms with Crippen LogP contribution in [0.3, 0.4) is 0 Å². The van der Waals surface area contributed by atoms with Crippen LogP contribution in [0.5, 0.6) is 0 Å². The van der Waals surface area contributed by atoms with Crippen molar-refractivity contribution in [3.05, 3.63) is 0 Å². The monoisotopic (exact) mass is 704 g/mol. The Bertz CT molecular complexity index is 1050. The fraction of sp³-hybridized carbons (Fsp3) is 0.935. The van der Waals surface area contributed by atoms with Gasteiger partial charge in [0, 0.05) is 11.8 Å². The maximum atomic E-state index is 13.4. The van der Waals surface area contributed by atoms with Crippen molar-refractivity contribution < 1.29 is 73.9 Å². The third-order valence-electron chi connectivity index (χ3n) is 10.2. The SMILES string of the molecule is CCC(C)(C)C(=O)OC1CC(C(C)(O)C(F)(F)F)C(O)C(C(O)(C(F)(F)F)C(F)(F)F)C1.CCC1(OC(=O)C(C)(C)CC)CCCC1. The third kappa shape index (κ3) is 9.25. The van der Waals surface area contributed by atoms with E-state index in [2.05, 4.69) is 6.92 Å². The zero-order valence-electron chi connectivity index (χ0n) is 28.0. The van der Waals surface area contributed by atoms with E-state index in [1.54, 1.807) is 0 Å². The van der Waals surface area contributed by atoms with Gasteiger partial charge in [0.25, 0.3) is 5.60 Å². The van der Waals surface area contributed by atoms with E-state index in [1.165, 1.54) is 33.6 Å². The second-order valence-electron chi connectivity index (χ2n) is 14.2. The first kappa shape index (κ1) is 43.2. The minimum Gasteiger partial charge on any atom is -0.462 e. The van der Waals surface area contributed by atoms with Gasteiger partial charge in [-0.05, 0) is 92.4 Å². The summed E-state index contributed by atoms with van der Waals surface area (Å²) in [5.74, 6) is -7.14. The van der Waals surface area contributed by atoms with E-state index in [-0.39, 0.29) is 30.3 Å². The molecule has 3 N–H and O–H groups in total. The van der Waals surface area contributed by atoms with Crippen molar-refractivity contribution in [1.29, 1.82) is 0 Å². The van der Waals surface area contributed by atoms with Gasteiger partial charge in [0.15, 0.2) is 5.60 Å². The Hall–Kier alpha value is -1.81. The number of aliphatic hydroxyl groups is 3. The third-order valence-corrected chi connectivity index (χ3v) is 10.2. The van der Waals surface area contributed by atoms with Gasteiger partial charge >= 0.3 is 30.5 Å². The molecular weight excluding hydrogens is 655 g/mol. The summed E-state index contributed by atoms with van der Waals surface area (Å²) >= 11 is 0. The van der Waals surface area contributed by atoms with Gasteiger partial charge in [-0.15, -0.1) is 0 Å². The summed E-state index contributed by atoms with van der Waals surface area (Å²) in [5.41, 5.74) is -11.3. The molecule has 2 aliphatic carbocycles. The lowest BCUT2D eigenvalue weighted by Crippen LogP contribution is -2.69. The molecule has 0 saturated heterocycles. The molecule has 2 rings (SSSR count). The van der Waals surface area contributed by atoms with Crippen LogP contribution in [-0.2, 0) is 19.1 Å². The molecular formula is C31H49F9O7. The van der Waals surface area contributed by atoms with E-state index >= 15 is 0 Å². The summed E-state index contributed by atoms with van der Waals surface area (Å²) in [6.45, 7) is 12.3. The highest BCUT2D eigenvalue weighted by molar-refractivity contribution is 5.76. The maximum absolute atomic E-state index is 13.4. The highest BCUT2D eigenvalue weighted by Crippen LogP contribution is 2.55. The van der Waals surface area contributed by atoms with Gasteiger partial charge < -0.3 is 24.8 Å². The van der Waals surface area contributed by atoms with Gasteiger partial charge in [-0.3, -0.25) is 9.59 Å². The second-order valence-corrected chi connectivity index (χ2v) is 14.2. The van der Waals surface area contributed by atoms with Crippen molar-refractivity contribution >= 4 is 11.9 Å². The Morgan fingerprint density at radius 1 is 0.702 bits per heavy atom. The number of alkyl halides is 9. The molecule has 2 fully saturated rings. The summed E-state index contributed by atoms with van der Waals surface area (Å²) in [6, 6.07) is 0. The van der Waals surface area contributed by atoms with Gasteiger partial charge in [-0.1, -0.05) is 20.8 Å². The first-order valence-electron chi connectivity index (χ1n) is 15.7. The Labute approximate surface area is 269 Å². The van der Waals surface area contributed by atoms with E-state index < -0.39 is 78.0 Å². The van der Waals surface area contributed by atoms with E-state index in [4.69, 9.17) is 9.47 Å². The lowest BCUT2D eigenvalue weighted by Gasteiger charge is -2.50. The molecule has 0 aliphatic heterocycles. The molecule has 278 valence electrons. The number of esters is 2. The maximum Gasteiger partial charge on any atom is 0.426 e. The summed E-state index contributed by atoms with van der Waals surface area (Å²) in [4.78, 5) is 24.3. The minimum atomic E-state index is -6.46. The summed E-state index contributed by atoms with van der Waals surface area (Å²) in [6.07, 6.45) is -19.7.